The van der Waals surface area contributed by atoms with Gasteiger partial charge in [0.2, 0.25) is 0 Å². The van der Waals surface area contributed by atoms with Gasteiger partial charge in [-0.3, -0.25) is 0 Å². The van der Waals surface area contributed by atoms with E-state index >= 15 is 0 Å². The molecule has 0 spiro atoms. The predicted molar refractivity (Wildman–Crippen MR) is 72.9 cm³/mol. The lowest BCUT2D eigenvalue weighted by molar-refractivity contribution is -0.173. The highest BCUT2D eigenvalue weighted by atomic mass is 32.1. The fourth-order valence-corrected chi connectivity index (χ4v) is 2.69. The number of benzene rings is 1. The predicted octanol–water partition coefficient (Wildman–Crippen LogP) is 3.53. The molecule has 0 saturated heterocycles. The molecule has 0 aliphatic rings. The number of halogens is 3. The van der Waals surface area contributed by atoms with Crippen molar-refractivity contribution in [2.24, 2.45) is 0 Å². The van der Waals surface area contributed by atoms with Crippen molar-refractivity contribution in [3.8, 4) is 0 Å². The summed E-state index contributed by atoms with van der Waals surface area (Å²) in [5.41, 5.74) is 0.939. The second kappa shape index (κ2) is 6.51. The summed E-state index contributed by atoms with van der Waals surface area (Å²) in [5, 5.41) is 4.02. The van der Waals surface area contributed by atoms with E-state index in [-0.39, 0.29) is 12.6 Å². The second-order valence-corrected chi connectivity index (χ2v) is 5.43. The van der Waals surface area contributed by atoms with E-state index in [9.17, 15) is 13.2 Å². The zero-order valence-corrected chi connectivity index (χ0v) is 11.7. The van der Waals surface area contributed by atoms with Crippen LogP contribution in [0.25, 0.3) is 10.2 Å². The lowest BCUT2D eigenvalue weighted by Gasteiger charge is -2.12. The molecule has 20 heavy (non-hydrogen) atoms. The maximum atomic E-state index is 11.9. The van der Waals surface area contributed by atoms with Gasteiger partial charge in [0.1, 0.15) is 11.6 Å². The van der Waals surface area contributed by atoms with Gasteiger partial charge in [-0.15, -0.1) is 11.3 Å². The van der Waals surface area contributed by atoms with Gasteiger partial charge in [-0.05, 0) is 19.1 Å². The summed E-state index contributed by atoms with van der Waals surface area (Å²) >= 11 is 1.58. The van der Waals surface area contributed by atoms with Crippen LogP contribution in [0, 0.1) is 0 Å². The molecule has 0 saturated carbocycles. The number of hydrogen-bond acceptors (Lipinski definition) is 4. The number of nitrogens with zero attached hydrogens (tertiary/aromatic N) is 1. The van der Waals surface area contributed by atoms with Crippen molar-refractivity contribution < 1.29 is 17.9 Å². The Morgan fingerprint density at radius 1 is 1.35 bits per heavy atom. The molecule has 1 heterocycles. The van der Waals surface area contributed by atoms with Crippen LogP contribution in [0.5, 0.6) is 0 Å². The molecule has 110 valence electrons. The van der Waals surface area contributed by atoms with Crippen molar-refractivity contribution in [2.75, 3.05) is 19.8 Å². The van der Waals surface area contributed by atoms with Crippen LogP contribution in [0.1, 0.15) is 18.0 Å². The van der Waals surface area contributed by atoms with Gasteiger partial charge in [0.15, 0.2) is 0 Å². The van der Waals surface area contributed by atoms with Crippen molar-refractivity contribution in [1.29, 1.82) is 0 Å². The van der Waals surface area contributed by atoms with E-state index in [4.69, 9.17) is 0 Å². The van der Waals surface area contributed by atoms with Gasteiger partial charge < -0.3 is 10.1 Å². The van der Waals surface area contributed by atoms with Gasteiger partial charge >= 0.3 is 6.18 Å². The van der Waals surface area contributed by atoms with Crippen molar-refractivity contribution in [3.05, 3.63) is 29.3 Å². The highest BCUT2D eigenvalue weighted by molar-refractivity contribution is 7.18. The van der Waals surface area contributed by atoms with Crippen LogP contribution in [0.3, 0.4) is 0 Å². The van der Waals surface area contributed by atoms with Gasteiger partial charge in [-0.1, -0.05) is 12.1 Å². The zero-order valence-electron chi connectivity index (χ0n) is 10.9. The minimum absolute atomic E-state index is 0.0121. The Bertz CT molecular complexity index is 523. The Morgan fingerprint density at radius 3 is 2.80 bits per heavy atom. The lowest BCUT2D eigenvalue weighted by Crippen LogP contribution is -2.25. The largest absolute Gasteiger partial charge is 0.411 e. The molecule has 2 rings (SSSR count). The Morgan fingerprint density at radius 2 is 2.10 bits per heavy atom. The fourth-order valence-electron chi connectivity index (χ4n) is 1.70. The SMILES string of the molecule is CC(NCCOCC(F)(F)F)c1nc2ccccc2s1. The van der Waals surface area contributed by atoms with E-state index in [1.54, 1.807) is 11.3 Å². The molecule has 1 atom stereocenters. The molecule has 0 aliphatic heterocycles. The number of para-hydroxylation sites is 1. The maximum Gasteiger partial charge on any atom is 0.411 e. The van der Waals surface area contributed by atoms with Gasteiger partial charge in [-0.2, -0.15) is 13.2 Å². The van der Waals surface area contributed by atoms with Crippen LogP contribution in [0.15, 0.2) is 24.3 Å². The molecule has 1 aromatic heterocycles. The van der Waals surface area contributed by atoms with Crippen LogP contribution in [0.2, 0.25) is 0 Å². The average Bonchev–Trinajstić information content (AvgIpc) is 2.80. The summed E-state index contributed by atoms with van der Waals surface area (Å²) in [7, 11) is 0. The van der Waals surface area contributed by atoms with Crippen LogP contribution >= 0.6 is 11.3 Å². The van der Waals surface area contributed by atoms with Gasteiger partial charge in [0.25, 0.3) is 0 Å². The first-order valence-corrected chi connectivity index (χ1v) is 7.01. The van der Waals surface area contributed by atoms with Crippen molar-refractivity contribution in [2.45, 2.75) is 19.1 Å². The summed E-state index contributed by atoms with van der Waals surface area (Å²) in [6.07, 6.45) is -4.27. The monoisotopic (exact) mass is 304 g/mol. The number of nitrogens with one attached hydrogen (secondary N) is 1. The highest BCUT2D eigenvalue weighted by Crippen LogP contribution is 2.25. The molecule has 7 heteroatoms. The summed E-state index contributed by atoms with van der Waals surface area (Å²) in [4.78, 5) is 4.49. The van der Waals surface area contributed by atoms with E-state index in [2.05, 4.69) is 15.0 Å². The first-order valence-electron chi connectivity index (χ1n) is 6.19. The third-order valence-electron chi connectivity index (χ3n) is 2.64. The molecular weight excluding hydrogens is 289 g/mol. The Labute approximate surface area is 118 Å². The minimum atomic E-state index is -4.27. The molecule has 1 N–H and O–H groups in total. The minimum Gasteiger partial charge on any atom is -0.371 e. The Kier molecular flexibility index (Phi) is 4.95. The average molecular weight is 304 g/mol. The van der Waals surface area contributed by atoms with E-state index in [0.29, 0.717) is 6.54 Å². The lowest BCUT2D eigenvalue weighted by atomic mass is 10.3. The zero-order chi connectivity index (χ0) is 14.6. The molecule has 0 radical (unpaired) electrons. The van der Waals surface area contributed by atoms with Crippen molar-refractivity contribution >= 4 is 21.6 Å². The molecular formula is C13H15F3N2OS. The molecule has 0 bridgehead atoms. The first-order chi connectivity index (χ1) is 9.46. The summed E-state index contributed by atoms with van der Waals surface area (Å²) in [5.74, 6) is 0. The van der Waals surface area contributed by atoms with E-state index in [1.807, 2.05) is 31.2 Å². The second-order valence-electron chi connectivity index (χ2n) is 4.36. The van der Waals surface area contributed by atoms with Crippen LogP contribution in [0.4, 0.5) is 13.2 Å². The maximum absolute atomic E-state index is 11.9. The summed E-state index contributed by atoms with van der Waals surface area (Å²) in [6, 6.07) is 7.80. The van der Waals surface area contributed by atoms with E-state index in [1.165, 1.54) is 0 Å². The quantitative estimate of drug-likeness (QED) is 0.829. The number of thiazole rings is 1. The third kappa shape index (κ3) is 4.43. The van der Waals surface area contributed by atoms with Gasteiger partial charge in [-0.25, -0.2) is 4.98 Å². The van der Waals surface area contributed by atoms with Crippen LogP contribution in [-0.4, -0.2) is 30.9 Å². The van der Waals surface area contributed by atoms with Gasteiger partial charge in [0, 0.05) is 6.54 Å². The number of aromatic nitrogens is 1. The standard InChI is InChI=1S/C13H15F3N2OS/c1-9(17-6-7-19-8-13(14,15)16)12-18-10-4-2-3-5-11(10)20-12/h2-5,9,17H,6-8H2,1H3. The van der Waals surface area contributed by atoms with Crippen molar-refractivity contribution in [3.63, 3.8) is 0 Å². The number of alkyl halides is 3. The van der Waals surface area contributed by atoms with Crippen LogP contribution < -0.4 is 5.32 Å². The van der Waals surface area contributed by atoms with E-state index in [0.717, 1.165) is 15.2 Å². The molecule has 0 fully saturated rings. The van der Waals surface area contributed by atoms with E-state index < -0.39 is 12.8 Å². The van der Waals surface area contributed by atoms with Gasteiger partial charge in [0.05, 0.1) is 22.9 Å². The summed E-state index contributed by atoms with van der Waals surface area (Å²) in [6.45, 7) is 1.10. The molecule has 3 nitrogen and oxygen atoms in total. The van der Waals surface area contributed by atoms with Crippen molar-refractivity contribution in [1.82, 2.24) is 10.3 Å². The fraction of sp³-hybridized carbons (Fsp3) is 0.462. The normalized spacial score (nSPS) is 13.8. The van der Waals surface area contributed by atoms with Crippen LogP contribution in [-0.2, 0) is 4.74 Å². The number of rotatable bonds is 6. The highest BCUT2D eigenvalue weighted by Gasteiger charge is 2.27. The Balaban J connectivity index is 1.78. The summed E-state index contributed by atoms with van der Waals surface area (Å²) < 4.78 is 41.3. The molecule has 1 aromatic carbocycles. The number of hydrogen-bond donors (Lipinski definition) is 1. The topological polar surface area (TPSA) is 34.1 Å². The Hall–Kier alpha value is -1.18. The number of fused-ring (bicyclic) bond motifs is 1. The first kappa shape index (κ1) is 15.2. The molecule has 0 amide bonds. The molecule has 1 unspecified atom stereocenters. The number of ether oxygens (including phenoxy) is 1. The molecule has 2 aromatic rings. The third-order valence-corrected chi connectivity index (χ3v) is 3.86. The molecule has 0 aliphatic carbocycles. The smallest absolute Gasteiger partial charge is 0.371 e.